The van der Waals surface area contributed by atoms with Crippen LogP contribution in [0.1, 0.15) is 24.2 Å². The minimum Gasteiger partial charge on any atom is -0.497 e. The third kappa shape index (κ3) is 2.54. The zero-order valence-corrected chi connectivity index (χ0v) is 14.6. The van der Waals surface area contributed by atoms with Crippen LogP contribution in [0.3, 0.4) is 0 Å². The summed E-state index contributed by atoms with van der Waals surface area (Å²) in [6.45, 7) is 0. The molecule has 7 heteroatoms. The Morgan fingerprint density at radius 1 is 1.00 bits per heavy atom. The van der Waals surface area contributed by atoms with Gasteiger partial charge in [-0.2, -0.15) is 9.61 Å². The van der Waals surface area contributed by atoms with E-state index in [0.29, 0.717) is 11.5 Å². The summed E-state index contributed by atoms with van der Waals surface area (Å²) < 4.78 is 20.1. The summed E-state index contributed by atoms with van der Waals surface area (Å²) in [7, 11) is 1.65. The molecule has 0 radical (unpaired) electrons. The summed E-state index contributed by atoms with van der Waals surface area (Å²) in [6, 6.07) is 14.2. The third-order valence-electron chi connectivity index (χ3n) is 5.10. The van der Waals surface area contributed by atoms with Gasteiger partial charge in [0.25, 0.3) is 5.78 Å². The highest BCUT2D eigenvalue weighted by molar-refractivity contribution is 5.59. The molecule has 2 aromatic heterocycles. The number of ether oxygens (including phenoxy) is 1. The van der Waals surface area contributed by atoms with Gasteiger partial charge in [0.05, 0.1) is 24.4 Å². The van der Waals surface area contributed by atoms with Crippen LogP contribution in [0.5, 0.6) is 5.75 Å². The molecule has 134 valence electrons. The Kier molecular flexibility index (Phi) is 3.43. The Balaban J connectivity index is 1.55. The van der Waals surface area contributed by atoms with Crippen LogP contribution in [0.4, 0.5) is 4.39 Å². The van der Waals surface area contributed by atoms with Gasteiger partial charge in [0.15, 0.2) is 5.82 Å². The maximum atomic E-state index is 13.1. The van der Waals surface area contributed by atoms with Crippen molar-refractivity contribution in [2.45, 2.75) is 18.3 Å². The SMILES string of the molecule is COc1ccc(C2(c3nnc4nc(-c5ccc(F)cc5)cnn34)CC2)cc1. The van der Waals surface area contributed by atoms with E-state index in [4.69, 9.17) is 4.74 Å². The van der Waals surface area contributed by atoms with Crippen molar-refractivity contribution in [3.63, 3.8) is 0 Å². The molecule has 1 saturated carbocycles. The topological polar surface area (TPSA) is 65.2 Å². The number of halogens is 1. The summed E-state index contributed by atoms with van der Waals surface area (Å²) in [5.74, 6) is 1.77. The molecule has 0 amide bonds. The van der Waals surface area contributed by atoms with Gasteiger partial charge >= 0.3 is 0 Å². The van der Waals surface area contributed by atoms with E-state index in [2.05, 4.69) is 32.4 Å². The lowest BCUT2D eigenvalue weighted by atomic mass is 9.95. The van der Waals surface area contributed by atoms with Gasteiger partial charge in [-0.25, -0.2) is 9.37 Å². The van der Waals surface area contributed by atoms with Gasteiger partial charge in [0.2, 0.25) is 0 Å². The lowest BCUT2D eigenvalue weighted by Gasteiger charge is -2.13. The van der Waals surface area contributed by atoms with Crippen LogP contribution in [0, 0.1) is 5.82 Å². The van der Waals surface area contributed by atoms with Crippen molar-refractivity contribution < 1.29 is 9.13 Å². The molecule has 27 heavy (non-hydrogen) atoms. The summed E-state index contributed by atoms with van der Waals surface area (Å²) in [5, 5.41) is 13.1. The van der Waals surface area contributed by atoms with Crippen LogP contribution in [-0.4, -0.2) is 31.9 Å². The van der Waals surface area contributed by atoms with Crippen LogP contribution >= 0.6 is 0 Å². The van der Waals surface area contributed by atoms with Gasteiger partial charge in [-0.1, -0.05) is 12.1 Å². The largest absolute Gasteiger partial charge is 0.497 e. The second-order valence-electron chi connectivity index (χ2n) is 6.69. The first-order valence-corrected chi connectivity index (χ1v) is 8.69. The molecule has 1 aliphatic rings. The fraction of sp³-hybridized carbons (Fsp3) is 0.200. The average Bonchev–Trinajstić information content (AvgIpc) is 3.41. The molecule has 2 aromatic carbocycles. The zero-order chi connectivity index (χ0) is 18.4. The molecule has 2 heterocycles. The molecule has 5 rings (SSSR count). The van der Waals surface area contributed by atoms with Crippen molar-refractivity contribution in [3.05, 3.63) is 71.9 Å². The van der Waals surface area contributed by atoms with Gasteiger partial charge in [-0.3, -0.25) is 0 Å². The third-order valence-corrected chi connectivity index (χ3v) is 5.10. The van der Waals surface area contributed by atoms with E-state index < -0.39 is 0 Å². The van der Waals surface area contributed by atoms with Gasteiger partial charge in [-0.05, 0) is 54.8 Å². The minimum absolute atomic E-state index is 0.183. The smallest absolute Gasteiger partial charge is 0.272 e. The molecule has 1 fully saturated rings. The molecule has 0 N–H and O–H groups in total. The molecule has 1 aliphatic carbocycles. The highest BCUT2D eigenvalue weighted by atomic mass is 19.1. The van der Waals surface area contributed by atoms with E-state index in [1.807, 2.05) is 12.1 Å². The number of nitrogens with zero attached hydrogens (tertiary/aromatic N) is 5. The van der Waals surface area contributed by atoms with E-state index in [1.165, 1.54) is 17.7 Å². The van der Waals surface area contributed by atoms with Gasteiger partial charge < -0.3 is 4.74 Å². The van der Waals surface area contributed by atoms with Crippen molar-refractivity contribution >= 4 is 5.78 Å². The molecular weight excluding hydrogens is 345 g/mol. The van der Waals surface area contributed by atoms with Crippen molar-refractivity contribution in [2.75, 3.05) is 7.11 Å². The molecular formula is C20H16FN5O. The highest BCUT2D eigenvalue weighted by Gasteiger charge is 2.50. The first kappa shape index (κ1) is 15.9. The number of hydrogen-bond donors (Lipinski definition) is 0. The quantitative estimate of drug-likeness (QED) is 0.557. The van der Waals surface area contributed by atoms with E-state index in [9.17, 15) is 4.39 Å². The van der Waals surface area contributed by atoms with E-state index in [-0.39, 0.29) is 11.2 Å². The number of methoxy groups -OCH3 is 1. The van der Waals surface area contributed by atoms with Crippen molar-refractivity contribution in [3.8, 4) is 17.0 Å². The minimum atomic E-state index is -0.285. The summed E-state index contributed by atoms with van der Waals surface area (Å²) in [5.41, 5.74) is 2.41. The molecule has 0 aliphatic heterocycles. The summed E-state index contributed by atoms with van der Waals surface area (Å²) in [6.07, 6.45) is 3.64. The van der Waals surface area contributed by atoms with E-state index >= 15 is 0 Å². The van der Waals surface area contributed by atoms with Crippen molar-refractivity contribution in [1.29, 1.82) is 0 Å². The number of rotatable bonds is 4. The first-order valence-electron chi connectivity index (χ1n) is 8.69. The summed E-state index contributed by atoms with van der Waals surface area (Å²) in [4.78, 5) is 4.54. The van der Waals surface area contributed by atoms with E-state index in [1.54, 1.807) is 30.0 Å². The molecule has 0 unspecified atom stereocenters. The molecule has 6 nitrogen and oxygen atoms in total. The second-order valence-corrected chi connectivity index (χ2v) is 6.69. The van der Waals surface area contributed by atoms with Crippen molar-refractivity contribution in [1.82, 2.24) is 24.8 Å². The predicted octanol–water partition coefficient (Wildman–Crippen LogP) is 3.41. The number of benzene rings is 2. The fourth-order valence-electron chi connectivity index (χ4n) is 3.43. The fourth-order valence-corrected chi connectivity index (χ4v) is 3.43. The molecule has 4 aromatic rings. The van der Waals surface area contributed by atoms with Gasteiger partial charge in [0, 0.05) is 5.56 Å². The standard InChI is InChI=1S/C20H16FN5O/c1-27-16-8-4-14(5-9-16)20(10-11-20)18-24-25-19-23-17(12-22-26(18)19)13-2-6-15(21)7-3-13/h2-9,12H,10-11H2,1H3. The molecule has 0 bridgehead atoms. The second kappa shape index (κ2) is 5.84. The Morgan fingerprint density at radius 2 is 1.74 bits per heavy atom. The maximum absolute atomic E-state index is 13.1. The maximum Gasteiger partial charge on any atom is 0.272 e. The van der Waals surface area contributed by atoms with Crippen LogP contribution in [0.2, 0.25) is 0 Å². The van der Waals surface area contributed by atoms with E-state index in [0.717, 1.165) is 30.0 Å². The Morgan fingerprint density at radius 3 is 2.41 bits per heavy atom. The van der Waals surface area contributed by atoms with Crippen LogP contribution < -0.4 is 4.74 Å². The molecule has 0 spiro atoms. The number of aromatic nitrogens is 5. The Labute approximate surface area is 154 Å². The molecule has 0 saturated heterocycles. The monoisotopic (exact) mass is 361 g/mol. The first-order chi connectivity index (χ1) is 13.2. The summed E-state index contributed by atoms with van der Waals surface area (Å²) >= 11 is 0. The predicted molar refractivity (Wildman–Crippen MR) is 97.0 cm³/mol. The lowest BCUT2D eigenvalue weighted by molar-refractivity contribution is 0.414. The lowest BCUT2D eigenvalue weighted by Crippen LogP contribution is -2.15. The van der Waals surface area contributed by atoms with Crippen LogP contribution in [0.15, 0.2) is 54.7 Å². The van der Waals surface area contributed by atoms with Gasteiger partial charge in [-0.15, -0.1) is 10.2 Å². The normalized spacial score (nSPS) is 15.0. The van der Waals surface area contributed by atoms with Gasteiger partial charge in [0.1, 0.15) is 11.6 Å². The molecule has 0 atom stereocenters. The van der Waals surface area contributed by atoms with Crippen molar-refractivity contribution in [2.24, 2.45) is 0 Å². The number of hydrogen-bond acceptors (Lipinski definition) is 5. The zero-order valence-electron chi connectivity index (χ0n) is 14.6. The Hall–Kier alpha value is -3.35. The van der Waals surface area contributed by atoms with Crippen LogP contribution in [0.25, 0.3) is 17.0 Å². The highest BCUT2D eigenvalue weighted by Crippen LogP contribution is 2.52. The van der Waals surface area contributed by atoms with Crippen LogP contribution in [-0.2, 0) is 5.41 Å². The Bertz CT molecular complexity index is 1120. The average molecular weight is 361 g/mol. The number of fused-ring (bicyclic) bond motifs is 1.